The summed E-state index contributed by atoms with van der Waals surface area (Å²) in [6.45, 7) is 3.28. The van der Waals surface area contributed by atoms with Crippen molar-refractivity contribution in [3.63, 3.8) is 0 Å². The number of aryl methyl sites for hydroxylation is 1. The van der Waals surface area contributed by atoms with E-state index in [4.69, 9.17) is 0 Å². The molecule has 1 unspecified atom stereocenters. The average Bonchev–Trinajstić information content (AvgIpc) is 2.83. The molecule has 1 heterocycles. The summed E-state index contributed by atoms with van der Waals surface area (Å²) in [5, 5.41) is 7.60. The predicted molar refractivity (Wildman–Crippen MR) is 82.1 cm³/mol. The summed E-state index contributed by atoms with van der Waals surface area (Å²) in [5.74, 6) is 0. The molecule has 2 aromatic rings. The van der Waals surface area contributed by atoms with Crippen LogP contribution in [0.4, 0.5) is 5.69 Å². The minimum absolute atomic E-state index is 0.573. The number of anilines is 1. The Balaban J connectivity index is 1.91. The van der Waals surface area contributed by atoms with Crippen LogP contribution in [-0.4, -0.2) is 24.0 Å². The van der Waals surface area contributed by atoms with E-state index >= 15 is 0 Å². The molecule has 1 aromatic carbocycles. The van der Waals surface area contributed by atoms with Crippen LogP contribution in [0.1, 0.15) is 31.0 Å². The van der Waals surface area contributed by atoms with E-state index in [1.54, 1.807) is 0 Å². The van der Waals surface area contributed by atoms with Crippen molar-refractivity contribution in [1.29, 1.82) is 0 Å². The molecule has 1 aliphatic carbocycles. The number of fused-ring (bicyclic) bond motifs is 3. The van der Waals surface area contributed by atoms with Crippen molar-refractivity contribution in [1.82, 2.24) is 10.3 Å². The quantitative estimate of drug-likeness (QED) is 0.732. The molecule has 0 aliphatic heterocycles. The minimum Gasteiger partial charge on any atom is -0.358 e. The highest BCUT2D eigenvalue weighted by atomic mass is 16.1. The van der Waals surface area contributed by atoms with Gasteiger partial charge in [0.05, 0.1) is 0 Å². The second-order valence-corrected chi connectivity index (χ2v) is 5.50. The minimum atomic E-state index is 0.573. The van der Waals surface area contributed by atoms with E-state index in [0.29, 0.717) is 6.04 Å². The third kappa shape index (κ3) is 2.43. The van der Waals surface area contributed by atoms with Gasteiger partial charge in [0.2, 0.25) is 6.41 Å². The van der Waals surface area contributed by atoms with Gasteiger partial charge in [-0.2, -0.15) is 0 Å². The van der Waals surface area contributed by atoms with E-state index in [0.717, 1.165) is 31.5 Å². The number of benzene rings is 1. The maximum absolute atomic E-state index is 10.6. The summed E-state index contributed by atoms with van der Waals surface area (Å²) < 4.78 is 0. The Morgan fingerprint density at radius 1 is 1.45 bits per heavy atom. The lowest BCUT2D eigenvalue weighted by Gasteiger charge is -2.23. The fourth-order valence-corrected chi connectivity index (χ4v) is 3.10. The van der Waals surface area contributed by atoms with E-state index in [1.807, 2.05) is 12.1 Å². The van der Waals surface area contributed by atoms with Crippen molar-refractivity contribution in [3.05, 3.63) is 29.5 Å². The Labute approximate surface area is 118 Å². The standard InChI is InChI=1S/C16H21N3O/c1-2-7-17-11-3-5-15-13(8-11)14-9-12(18-10-20)4-6-16(14)19-15/h4,6,9-11,17,19H,2-3,5,7-8H2,1H3,(H,18,20). The van der Waals surface area contributed by atoms with E-state index in [2.05, 4.69) is 28.6 Å². The number of aromatic amines is 1. The van der Waals surface area contributed by atoms with Gasteiger partial charge in [-0.15, -0.1) is 0 Å². The molecule has 1 aromatic heterocycles. The number of carbonyl (C=O) groups is 1. The second kappa shape index (κ2) is 5.67. The fraction of sp³-hybridized carbons (Fsp3) is 0.438. The maximum Gasteiger partial charge on any atom is 0.211 e. The second-order valence-electron chi connectivity index (χ2n) is 5.50. The zero-order valence-corrected chi connectivity index (χ0v) is 11.8. The highest BCUT2D eigenvalue weighted by Gasteiger charge is 2.22. The van der Waals surface area contributed by atoms with Crippen LogP contribution in [-0.2, 0) is 17.6 Å². The molecule has 0 spiro atoms. The Hall–Kier alpha value is -1.81. The Morgan fingerprint density at radius 2 is 2.35 bits per heavy atom. The first kappa shape index (κ1) is 13.2. The molecule has 0 radical (unpaired) electrons. The van der Waals surface area contributed by atoms with Gasteiger partial charge in [-0.3, -0.25) is 4.79 Å². The number of aromatic nitrogens is 1. The average molecular weight is 271 g/mol. The molecule has 3 rings (SSSR count). The van der Waals surface area contributed by atoms with Crippen molar-refractivity contribution < 1.29 is 4.79 Å². The Bertz CT molecular complexity index is 617. The van der Waals surface area contributed by atoms with Gasteiger partial charge in [0.25, 0.3) is 0 Å². The normalized spacial score (nSPS) is 17.9. The van der Waals surface area contributed by atoms with Gasteiger partial charge in [-0.05, 0) is 56.0 Å². The number of nitrogens with one attached hydrogen (secondary N) is 3. The van der Waals surface area contributed by atoms with Crippen LogP contribution in [0.3, 0.4) is 0 Å². The summed E-state index contributed by atoms with van der Waals surface area (Å²) in [6.07, 6.45) is 5.26. The van der Waals surface area contributed by atoms with Crippen LogP contribution < -0.4 is 10.6 Å². The third-order valence-electron chi connectivity index (χ3n) is 4.10. The summed E-state index contributed by atoms with van der Waals surface area (Å²) in [6, 6.07) is 6.63. The largest absolute Gasteiger partial charge is 0.358 e. The highest BCUT2D eigenvalue weighted by molar-refractivity contribution is 5.89. The maximum atomic E-state index is 10.6. The van der Waals surface area contributed by atoms with Gasteiger partial charge in [0.1, 0.15) is 0 Å². The Morgan fingerprint density at radius 3 is 3.15 bits per heavy atom. The van der Waals surface area contributed by atoms with E-state index < -0.39 is 0 Å². The molecular formula is C16H21N3O. The highest BCUT2D eigenvalue weighted by Crippen LogP contribution is 2.30. The SMILES string of the molecule is CCCNC1CCc2[nH]c3ccc(NC=O)cc3c2C1. The number of amides is 1. The molecule has 1 aliphatic rings. The van der Waals surface area contributed by atoms with Gasteiger partial charge in [0, 0.05) is 28.3 Å². The van der Waals surface area contributed by atoms with E-state index in [1.165, 1.54) is 35.0 Å². The number of hydrogen-bond donors (Lipinski definition) is 3. The molecule has 4 nitrogen and oxygen atoms in total. The molecule has 0 fully saturated rings. The zero-order valence-electron chi connectivity index (χ0n) is 11.8. The summed E-state index contributed by atoms with van der Waals surface area (Å²) in [7, 11) is 0. The molecular weight excluding hydrogens is 250 g/mol. The summed E-state index contributed by atoms with van der Waals surface area (Å²) in [5.41, 5.74) is 4.80. The zero-order chi connectivity index (χ0) is 13.9. The lowest BCUT2D eigenvalue weighted by Crippen LogP contribution is -2.34. The van der Waals surface area contributed by atoms with Gasteiger partial charge < -0.3 is 15.6 Å². The van der Waals surface area contributed by atoms with Crippen LogP contribution in [0.2, 0.25) is 0 Å². The number of carbonyl (C=O) groups excluding carboxylic acids is 1. The number of hydrogen-bond acceptors (Lipinski definition) is 2. The molecule has 4 heteroatoms. The van der Waals surface area contributed by atoms with Gasteiger partial charge in [-0.1, -0.05) is 6.92 Å². The molecule has 0 bridgehead atoms. The van der Waals surface area contributed by atoms with Crippen LogP contribution in [0, 0.1) is 0 Å². The monoisotopic (exact) mass is 271 g/mol. The van der Waals surface area contributed by atoms with Crippen molar-refractivity contribution in [2.75, 3.05) is 11.9 Å². The molecule has 1 amide bonds. The fourth-order valence-electron chi connectivity index (χ4n) is 3.10. The molecule has 0 saturated heterocycles. The van der Waals surface area contributed by atoms with Crippen molar-refractivity contribution in [3.8, 4) is 0 Å². The summed E-state index contributed by atoms with van der Waals surface area (Å²) in [4.78, 5) is 14.1. The lowest BCUT2D eigenvalue weighted by atomic mass is 9.91. The van der Waals surface area contributed by atoms with Gasteiger partial charge in [0.15, 0.2) is 0 Å². The number of H-pyrrole nitrogens is 1. The first-order chi connectivity index (χ1) is 9.81. The third-order valence-corrected chi connectivity index (χ3v) is 4.10. The van der Waals surface area contributed by atoms with E-state index in [9.17, 15) is 4.79 Å². The van der Waals surface area contributed by atoms with Crippen LogP contribution >= 0.6 is 0 Å². The van der Waals surface area contributed by atoms with Crippen molar-refractivity contribution >= 4 is 23.0 Å². The number of rotatable bonds is 5. The smallest absolute Gasteiger partial charge is 0.211 e. The molecule has 0 saturated carbocycles. The molecule has 1 atom stereocenters. The molecule has 106 valence electrons. The van der Waals surface area contributed by atoms with Gasteiger partial charge in [-0.25, -0.2) is 0 Å². The molecule has 20 heavy (non-hydrogen) atoms. The first-order valence-electron chi connectivity index (χ1n) is 7.39. The van der Waals surface area contributed by atoms with Gasteiger partial charge >= 0.3 is 0 Å². The topological polar surface area (TPSA) is 56.9 Å². The van der Waals surface area contributed by atoms with Crippen LogP contribution in [0.15, 0.2) is 18.2 Å². The van der Waals surface area contributed by atoms with Crippen molar-refractivity contribution in [2.24, 2.45) is 0 Å². The lowest BCUT2D eigenvalue weighted by molar-refractivity contribution is -0.105. The summed E-state index contributed by atoms with van der Waals surface area (Å²) >= 11 is 0. The predicted octanol–water partition coefficient (Wildman–Crippen LogP) is 2.59. The first-order valence-corrected chi connectivity index (χ1v) is 7.39. The van der Waals surface area contributed by atoms with Crippen molar-refractivity contribution in [2.45, 2.75) is 38.6 Å². The van der Waals surface area contributed by atoms with Crippen LogP contribution in [0.25, 0.3) is 10.9 Å². The van der Waals surface area contributed by atoms with Crippen LogP contribution in [0.5, 0.6) is 0 Å². The van der Waals surface area contributed by atoms with E-state index in [-0.39, 0.29) is 0 Å². The Kier molecular flexibility index (Phi) is 3.74. The molecule has 3 N–H and O–H groups in total.